The summed E-state index contributed by atoms with van der Waals surface area (Å²) in [7, 11) is 0. The van der Waals surface area contributed by atoms with Crippen molar-refractivity contribution < 1.29 is 14.6 Å². The fraction of sp³-hybridized carbons (Fsp3) is 0. The number of aromatic hydroxyl groups is 1. The number of benzene rings is 3. The highest BCUT2D eigenvalue weighted by molar-refractivity contribution is 5.91. The van der Waals surface area contributed by atoms with E-state index in [9.17, 15) is 9.90 Å². The van der Waals surface area contributed by atoms with Crippen LogP contribution in [0.5, 0.6) is 11.5 Å². The van der Waals surface area contributed by atoms with Crippen LogP contribution in [-0.4, -0.2) is 11.1 Å². The predicted molar refractivity (Wildman–Crippen MR) is 84.9 cm³/mol. The van der Waals surface area contributed by atoms with Crippen LogP contribution in [0, 0.1) is 0 Å². The summed E-state index contributed by atoms with van der Waals surface area (Å²) in [5.41, 5.74) is 2.43. The van der Waals surface area contributed by atoms with E-state index in [2.05, 4.69) is 0 Å². The lowest BCUT2D eigenvalue weighted by Crippen LogP contribution is -2.08. The summed E-state index contributed by atoms with van der Waals surface area (Å²) < 4.78 is 5.29. The van der Waals surface area contributed by atoms with Gasteiger partial charge in [0, 0.05) is 0 Å². The molecular formula is C19H14O3. The first-order valence-corrected chi connectivity index (χ1v) is 6.89. The van der Waals surface area contributed by atoms with Crippen molar-refractivity contribution in [1.29, 1.82) is 0 Å². The van der Waals surface area contributed by atoms with Gasteiger partial charge < -0.3 is 9.84 Å². The molecule has 0 heterocycles. The van der Waals surface area contributed by atoms with Crippen LogP contribution in [0.25, 0.3) is 11.1 Å². The molecule has 0 aliphatic rings. The van der Waals surface area contributed by atoms with Gasteiger partial charge >= 0.3 is 5.97 Å². The number of hydrogen-bond donors (Lipinski definition) is 1. The third-order valence-corrected chi connectivity index (χ3v) is 3.27. The van der Waals surface area contributed by atoms with Gasteiger partial charge in [-0.3, -0.25) is 0 Å². The van der Waals surface area contributed by atoms with Crippen LogP contribution in [0.2, 0.25) is 0 Å². The van der Waals surface area contributed by atoms with Crippen molar-refractivity contribution in [2.75, 3.05) is 0 Å². The number of rotatable bonds is 3. The largest absolute Gasteiger partial charge is 0.508 e. The average molecular weight is 290 g/mol. The van der Waals surface area contributed by atoms with E-state index in [1.54, 1.807) is 36.4 Å². The molecule has 0 atom stereocenters. The van der Waals surface area contributed by atoms with Crippen molar-refractivity contribution in [3.05, 3.63) is 84.4 Å². The van der Waals surface area contributed by atoms with Gasteiger partial charge in [-0.05, 0) is 47.5 Å². The zero-order valence-electron chi connectivity index (χ0n) is 11.8. The smallest absolute Gasteiger partial charge is 0.343 e. The molecule has 3 aromatic carbocycles. The lowest BCUT2D eigenvalue weighted by atomic mass is 10.0. The minimum absolute atomic E-state index is 0.229. The van der Waals surface area contributed by atoms with Crippen LogP contribution in [-0.2, 0) is 0 Å². The van der Waals surface area contributed by atoms with Gasteiger partial charge in [-0.25, -0.2) is 4.79 Å². The average Bonchev–Trinajstić information content (AvgIpc) is 2.57. The maximum atomic E-state index is 12.1. The Morgan fingerprint density at radius 2 is 1.27 bits per heavy atom. The molecule has 3 rings (SSSR count). The third kappa shape index (κ3) is 3.15. The Balaban J connectivity index is 1.76. The Morgan fingerprint density at radius 1 is 0.727 bits per heavy atom. The number of esters is 1. The first-order chi connectivity index (χ1) is 10.7. The van der Waals surface area contributed by atoms with Gasteiger partial charge in [0.2, 0.25) is 0 Å². The van der Waals surface area contributed by atoms with Gasteiger partial charge in [-0.15, -0.1) is 0 Å². The Kier molecular flexibility index (Phi) is 3.88. The molecule has 3 nitrogen and oxygen atoms in total. The quantitative estimate of drug-likeness (QED) is 0.578. The van der Waals surface area contributed by atoms with Crippen molar-refractivity contribution in [2.24, 2.45) is 0 Å². The van der Waals surface area contributed by atoms with Crippen LogP contribution in [0.15, 0.2) is 78.9 Å². The molecule has 0 saturated carbocycles. The number of carbonyl (C=O) groups excluding carboxylic acids is 1. The summed E-state index contributed by atoms with van der Waals surface area (Å²) in [5.74, 6) is 0.366. The molecule has 1 N–H and O–H groups in total. The van der Waals surface area contributed by atoms with E-state index in [1.807, 2.05) is 42.5 Å². The van der Waals surface area contributed by atoms with E-state index < -0.39 is 0 Å². The molecule has 0 saturated heterocycles. The first kappa shape index (κ1) is 13.9. The number of carbonyl (C=O) groups is 1. The summed E-state index contributed by atoms with van der Waals surface area (Å²) in [5, 5.41) is 9.30. The molecule has 108 valence electrons. The van der Waals surface area contributed by atoms with E-state index in [0.717, 1.165) is 11.1 Å². The summed E-state index contributed by atoms with van der Waals surface area (Å²) in [6.45, 7) is 0. The van der Waals surface area contributed by atoms with Crippen molar-refractivity contribution in [3.63, 3.8) is 0 Å². The molecule has 0 aliphatic heterocycles. The van der Waals surface area contributed by atoms with Gasteiger partial charge in [-0.2, -0.15) is 0 Å². The van der Waals surface area contributed by atoms with E-state index >= 15 is 0 Å². The fourth-order valence-electron chi connectivity index (χ4n) is 2.11. The Bertz CT molecular complexity index is 760. The highest BCUT2D eigenvalue weighted by Gasteiger charge is 2.08. The van der Waals surface area contributed by atoms with Crippen molar-refractivity contribution in [2.45, 2.75) is 0 Å². The zero-order chi connectivity index (χ0) is 15.4. The molecule has 0 aliphatic carbocycles. The Labute approximate surface area is 128 Å². The number of phenols is 1. The van der Waals surface area contributed by atoms with Gasteiger partial charge in [0.15, 0.2) is 0 Å². The van der Waals surface area contributed by atoms with Gasteiger partial charge in [-0.1, -0.05) is 42.5 Å². The molecule has 0 fully saturated rings. The van der Waals surface area contributed by atoms with E-state index in [1.165, 1.54) is 0 Å². The van der Waals surface area contributed by atoms with Crippen molar-refractivity contribution in [1.82, 2.24) is 0 Å². The SMILES string of the molecule is O=C(Oc1ccccc1)c1ccc(-c2ccc(O)cc2)cc1. The summed E-state index contributed by atoms with van der Waals surface area (Å²) in [6, 6.07) is 23.1. The molecule has 3 aromatic rings. The first-order valence-electron chi connectivity index (χ1n) is 6.89. The predicted octanol–water partition coefficient (Wildman–Crippen LogP) is 4.28. The molecule has 3 heteroatoms. The summed E-state index contributed by atoms with van der Waals surface area (Å²) >= 11 is 0. The van der Waals surface area contributed by atoms with E-state index in [4.69, 9.17) is 4.74 Å². The maximum absolute atomic E-state index is 12.1. The minimum atomic E-state index is -0.386. The molecule has 0 amide bonds. The summed E-state index contributed by atoms with van der Waals surface area (Å²) in [4.78, 5) is 12.1. The second-order valence-corrected chi connectivity index (χ2v) is 4.83. The second kappa shape index (κ2) is 6.14. The van der Waals surface area contributed by atoms with Crippen molar-refractivity contribution in [3.8, 4) is 22.6 Å². The molecule has 22 heavy (non-hydrogen) atoms. The molecule has 0 unspecified atom stereocenters. The number of phenolic OH excluding ortho intramolecular Hbond substituents is 1. The lowest BCUT2D eigenvalue weighted by Gasteiger charge is -2.06. The Hall–Kier alpha value is -3.07. The van der Waals surface area contributed by atoms with Gasteiger partial charge in [0.05, 0.1) is 5.56 Å². The second-order valence-electron chi connectivity index (χ2n) is 4.83. The lowest BCUT2D eigenvalue weighted by molar-refractivity contribution is 0.0735. The molecule has 0 radical (unpaired) electrons. The standard InChI is InChI=1S/C19H14O3/c20-17-12-10-15(11-13-17)14-6-8-16(9-7-14)19(21)22-18-4-2-1-3-5-18/h1-13,20H. The zero-order valence-corrected chi connectivity index (χ0v) is 11.8. The van der Waals surface area contributed by atoms with Crippen LogP contribution in [0.3, 0.4) is 0 Å². The molecule has 0 bridgehead atoms. The van der Waals surface area contributed by atoms with E-state index in [0.29, 0.717) is 11.3 Å². The monoisotopic (exact) mass is 290 g/mol. The van der Waals surface area contributed by atoms with Crippen LogP contribution >= 0.6 is 0 Å². The number of ether oxygens (including phenoxy) is 1. The maximum Gasteiger partial charge on any atom is 0.343 e. The van der Waals surface area contributed by atoms with Gasteiger partial charge in [0.25, 0.3) is 0 Å². The normalized spacial score (nSPS) is 10.2. The van der Waals surface area contributed by atoms with Gasteiger partial charge in [0.1, 0.15) is 11.5 Å². The van der Waals surface area contributed by atoms with E-state index in [-0.39, 0.29) is 11.7 Å². The molecule has 0 aromatic heterocycles. The topological polar surface area (TPSA) is 46.5 Å². The molecule has 0 spiro atoms. The van der Waals surface area contributed by atoms with Crippen LogP contribution < -0.4 is 4.74 Å². The summed E-state index contributed by atoms with van der Waals surface area (Å²) in [6.07, 6.45) is 0. The highest BCUT2D eigenvalue weighted by Crippen LogP contribution is 2.22. The van der Waals surface area contributed by atoms with Crippen LogP contribution in [0.1, 0.15) is 10.4 Å². The molecular weight excluding hydrogens is 276 g/mol. The highest BCUT2D eigenvalue weighted by atomic mass is 16.5. The number of para-hydroxylation sites is 1. The minimum Gasteiger partial charge on any atom is -0.508 e. The third-order valence-electron chi connectivity index (χ3n) is 3.27. The number of hydrogen-bond acceptors (Lipinski definition) is 3. The fourth-order valence-corrected chi connectivity index (χ4v) is 2.11. The Morgan fingerprint density at radius 3 is 1.86 bits per heavy atom. The van der Waals surface area contributed by atoms with Crippen LogP contribution in [0.4, 0.5) is 0 Å². The van der Waals surface area contributed by atoms with Crippen molar-refractivity contribution >= 4 is 5.97 Å².